The molecule has 1 saturated carbocycles. The van der Waals surface area contributed by atoms with E-state index in [4.69, 9.17) is 10.1 Å². The Kier molecular flexibility index (Phi) is 10.7. The number of nitrogens with zero attached hydrogens (tertiary/aromatic N) is 2. The Balaban J connectivity index is 0.00000338. The summed E-state index contributed by atoms with van der Waals surface area (Å²) in [5.41, 5.74) is 0.182. The molecule has 1 heterocycles. The third-order valence-corrected chi connectivity index (χ3v) is 6.14. The van der Waals surface area contributed by atoms with Gasteiger partial charge in [-0.15, -0.1) is 24.0 Å². The van der Waals surface area contributed by atoms with E-state index in [1.807, 2.05) is 6.92 Å². The van der Waals surface area contributed by atoms with Crippen molar-refractivity contribution in [2.45, 2.75) is 63.8 Å². The van der Waals surface area contributed by atoms with Gasteiger partial charge in [-0.1, -0.05) is 25.7 Å². The van der Waals surface area contributed by atoms with Crippen LogP contribution in [0.4, 0.5) is 0 Å². The van der Waals surface area contributed by atoms with Gasteiger partial charge in [-0.2, -0.15) is 0 Å². The molecule has 154 valence electrons. The van der Waals surface area contributed by atoms with Crippen LogP contribution >= 0.6 is 24.0 Å². The minimum atomic E-state index is -3.45. The number of hydrogen-bond acceptors (Lipinski definition) is 4. The summed E-state index contributed by atoms with van der Waals surface area (Å²) in [4.78, 5) is 7.49. The molecular weight excluding hydrogens is 465 g/mol. The number of nitrogens with one attached hydrogen (secondary N) is 2. The van der Waals surface area contributed by atoms with E-state index in [-0.39, 0.29) is 41.8 Å². The monoisotopic (exact) mass is 501 g/mol. The number of halogens is 1. The first-order valence-electron chi connectivity index (χ1n) is 9.73. The van der Waals surface area contributed by atoms with Crippen molar-refractivity contribution in [1.29, 1.82) is 0 Å². The Morgan fingerprint density at radius 2 is 1.69 bits per heavy atom. The van der Waals surface area contributed by atoms with Gasteiger partial charge in [0.15, 0.2) is 5.96 Å². The third-order valence-electron chi connectivity index (χ3n) is 5.37. The van der Waals surface area contributed by atoms with Crippen LogP contribution in [0.3, 0.4) is 0 Å². The summed E-state index contributed by atoms with van der Waals surface area (Å²) in [5, 5.41) is 11.4. The summed E-state index contributed by atoms with van der Waals surface area (Å²) < 4.78 is 22.2. The maximum absolute atomic E-state index is 11.1. The topological polar surface area (TPSA) is 99.8 Å². The molecule has 2 aliphatic rings. The van der Waals surface area contributed by atoms with Crippen molar-refractivity contribution >= 4 is 40.0 Å². The Morgan fingerprint density at radius 3 is 2.27 bits per heavy atom. The van der Waals surface area contributed by atoms with E-state index >= 15 is 0 Å². The van der Waals surface area contributed by atoms with Crippen LogP contribution in [0.2, 0.25) is 0 Å². The Bertz CT molecular complexity index is 529. The molecule has 0 aromatic rings. The molecule has 0 atom stereocenters. The highest BCUT2D eigenvalue weighted by Crippen LogP contribution is 2.35. The number of aliphatic imine (C=N–C) groups is 1. The molecule has 0 radical (unpaired) electrons. The first-order chi connectivity index (χ1) is 12.0. The van der Waals surface area contributed by atoms with Gasteiger partial charge in [0.1, 0.15) is 0 Å². The van der Waals surface area contributed by atoms with Crippen LogP contribution in [0.25, 0.3) is 0 Å². The lowest BCUT2D eigenvalue weighted by Crippen LogP contribution is -2.54. The number of guanidine groups is 1. The average molecular weight is 501 g/mol. The lowest BCUT2D eigenvalue weighted by Gasteiger charge is -2.47. The summed E-state index contributed by atoms with van der Waals surface area (Å²) in [6.07, 6.45) is 10.2. The molecule has 0 aromatic carbocycles. The predicted molar refractivity (Wildman–Crippen MR) is 119 cm³/mol. The van der Waals surface area contributed by atoms with Crippen molar-refractivity contribution in [3.8, 4) is 0 Å². The number of likely N-dealkylation sites (tertiary alicyclic amines) is 1. The van der Waals surface area contributed by atoms with Gasteiger partial charge in [0.2, 0.25) is 10.0 Å². The van der Waals surface area contributed by atoms with Gasteiger partial charge in [-0.05, 0) is 45.7 Å². The quantitative estimate of drug-likeness (QED) is 0.280. The molecule has 26 heavy (non-hydrogen) atoms. The van der Waals surface area contributed by atoms with Crippen molar-refractivity contribution in [1.82, 2.24) is 15.5 Å². The van der Waals surface area contributed by atoms with Gasteiger partial charge in [0, 0.05) is 18.6 Å². The van der Waals surface area contributed by atoms with E-state index < -0.39 is 10.0 Å². The fourth-order valence-corrected chi connectivity index (χ4v) is 4.42. The summed E-state index contributed by atoms with van der Waals surface area (Å²) in [5.74, 6) is 0.599. The van der Waals surface area contributed by atoms with Crippen molar-refractivity contribution < 1.29 is 8.42 Å². The van der Waals surface area contributed by atoms with Crippen molar-refractivity contribution in [3.63, 3.8) is 0 Å². The summed E-state index contributed by atoms with van der Waals surface area (Å²) in [6, 6.07) is 0. The standard InChI is InChI=1S/C17H35N5O2S.HI/c1-2-19-16(20-11-14-25(18,23)24)21-15-17(9-5-3-6-10-17)22-12-7-4-8-13-22;/h2-15H2,1H3,(H2,18,23,24)(H2,19,20,21);1H. The van der Waals surface area contributed by atoms with Gasteiger partial charge in [-0.3, -0.25) is 9.89 Å². The van der Waals surface area contributed by atoms with E-state index in [1.54, 1.807) is 0 Å². The number of nitrogens with two attached hydrogens (primary N) is 1. The SMILES string of the molecule is CCNC(=NCC1(N2CCCCC2)CCCCC1)NCCS(N)(=O)=O.I. The van der Waals surface area contributed by atoms with Gasteiger partial charge >= 0.3 is 0 Å². The second-order valence-electron chi connectivity index (χ2n) is 7.32. The van der Waals surface area contributed by atoms with Crippen LogP contribution in [0.15, 0.2) is 4.99 Å². The normalized spacial score (nSPS) is 21.7. The number of primary sulfonamides is 1. The fraction of sp³-hybridized carbons (Fsp3) is 0.941. The molecular formula is C17H36IN5O2S. The highest BCUT2D eigenvalue weighted by molar-refractivity contribution is 14.0. The predicted octanol–water partition coefficient (Wildman–Crippen LogP) is 1.64. The molecule has 0 spiro atoms. The molecule has 0 bridgehead atoms. The zero-order valence-electron chi connectivity index (χ0n) is 16.0. The summed E-state index contributed by atoms with van der Waals surface area (Å²) in [6.45, 7) is 6.19. The third kappa shape index (κ3) is 7.85. The number of hydrogen-bond donors (Lipinski definition) is 3. The first kappa shape index (κ1) is 23.9. The molecule has 7 nitrogen and oxygen atoms in total. The zero-order chi connectivity index (χ0) is 18.2. The molecule has 0 unspecified atom stereocenters. The largest absolute Gasteiger partial charge is 0.357 e. The molecule has 0 aromatic heterocycles. The van der Waals surface area contributed by atoms with E-state index in [0.717, 1.165) is 13.1 Å². The Labute approximate surface area is 176 Å². The van der Waals surface area contributed by atoms with E-state index in [2.05, 4.69) is 15.5 Å². The number of piperidine rings is 1. The molecule has 0 amide bonds. The van der Waals surface area contributed by atoms with E-state index in [0.29, 0.717) is 5.96 Å². The summed E-state index contributed by atoms with van der Waals surface area (Å²) in [7, 11) is -3.45. The van der Waals surface area contributed by atoms with Gasteiger partial charge in [0.05, 0.1) is 12.3 Å². The maximum Gasteiger partial charge on any atom is 0.210 e. The molecule has 1 saturated heterocycles. The van der Waals surface area contributed by atoms with E-state index in [9.17, 15) is 8.42 Å². The summed E-state index contributed by atoms with van der Waals surface area (Å²) >= 11 is 0. The van der Waals surface area contributed by atoms with Crippen LogP contribution in [0, 0.1) is 0 Å². The molecule has 1 aliphatic heterocycles. The number of rotatable bonds is 7. The van der Waals surface area contributed by atoms with Gasteiger partial charge in [0.25, 0.3) is 0 Å². The second-order valence-corrected chi connectivity index (χ2v) is 9.06. The van der Waals surface area contributed by atoms with Crippen molar-refractivity contribution in [3.05, 3.63) is 0 Å². The molecule has 2 rings (SSSR count). The molecule has 4 N–H and O–H groups in total. The molecule has 2 fully saturated rings. The minimum absolute atomic E-state index is 0. The van der Waals surface area contributed by atoms with Crippen LogP contribution in [0.5, 0.6) is 0 Å². The van der Waals surface area contributed by atoms with Crippen LogP contribution in [0.1, 0.15) is 58.3 Å². The zero-order valence-corrected chi connectivity index (χ0v) is 19.2. The fourth-order valence-electron chi connectivity index (χ4n) is 4.03. The van der Waals surface area contributed by atoms with Gasteiger partial charge < -0.3 is 10.6 Å². The second kappa shape index (κ2) is 11.7. The Morgan fingerprint density at radius 1 is 1.08 bits per heavy atom. The molecule has 1 aliphatic carbocycles. The van der Waals surface area contributed by atoms with Crippen LogP contribution in [-0.2, 0) is 10.0 Å². The highest BCUT2D eigenvalue weighted by Gasteiger charge is 2.38. The van der Waals surface area contributed by atoms with Gasteiger partial charge in [-0.25, -0.2) is 13.6 Å². The lowest BCUT2D eigenvalue weighted by atomic mass is 9.79. The minimum Gasteiger partial charge on any atom is -0.357 e. The average Bonchev–Trinajstić information content (AvgIpc) is 2.60. The van der Waals surface area contributed by atoms with Crippen molar-refractivity contribution in [2.75, 3.05) is 38.5 Å². The lowest BCUT2D eigenvalue weighted by molar-refractivity contribution is 0.0407. The Hall–Kier alpha value is -0.130. The van der Waals surface area contributed by atoms with E-state index in [1.165, 1.54) is 64.5 Å². The number of sulfonamides is 1. The van der Waals surface area contributed by atoms with Crippen molar-refractivity contribution in [2.24, 2.45) is 10.1 Å². The van der Waals surface area contributed by atoms with Crippen LogP contribution in [-0.4, -0.2) is 63.3 Å². The molecule has 9 heteroatoms. The van der Waals surface area contributed by atoms with Crippen LogP contribution < -0.4 is 15.8 Å². The first-order valence-corrected chi connectivity index (χ1v) is 11.4. The highest BCUT2D eigenvalue weighted by atomic mass is 127. The maximum atomic E-state index is 11.1. The smallest absolute Gasteiger partial charge is 0.210 e.